The first-order chi connectivity index (χ1) is 8.13. The Hall–Kier alpha value is -1.35. The molecule has 1 aliphatic rings. The van der Waals surface area contributed by atoms with E-state index < -0.39 is 0 Å². The third-order valence-electron chi connectivity index (χ3n) is 3.70. The standard InChI is InChI=1S/C14H20N2O/c1-10-5-3-4-6-13(10)12-7-11(2)16(9-12)14(17)8-15/h3-6,11-12H,7-9,15H2,1-2H3/t11-,12+/m1/s1. The molecule has 1 fully saturated rings. The summed E-state index contributed by atoms with van der Waals surface area (Å²) in [4.78, 5) is 13.6. The minimum absolute atomic E-state index is 0.0635. The summed E-state index contributed by atoms with van der Waals surface area (Å²) < 4.78 is 0. The Balaban J connectivity index is 2.17. The molecule has 2 rings (SSSR count). The zero-order chi connectivity index (χ0) is 12.4. The molecular formula is C14H20N2O. The lowest BCUT2D eigenvalue weighted by Gasteiger charge is -2.20. The molecule has 0 saturated carbocycles. The van der Waals surface area contributed by atoms with Gasteiger partial charge in [-0.25, -0.2) is 0 Å². The van der Waals surface area contributed by atoms with Crippen LogP contribution in [0, 0.1) is 6.92 Å². The first kappa shape index (κ1) is 12.1. The Morgan fingerprint density at radius 1 is 1.47 bits per heavy atom. The van der Waals surface area contributed by atoms with Crippen LogP contribution in [0.25, 0.3) is 0 Å². The smallest absolute Gasteiger partial charge is 0.236 e. The number of aryl methyl sites for hydroxylation is 1. The second-order valence-electron chi connectivity index (χ2n) is 4.89. The van der Waals surface area contributed by atoms with Crippen LogP contribution < -0.4 is 5.73 Å². The van der Waals surface area contributed by atoms with Crippen molar-refractivity contribution in [2.45, 2.75) is 32.2 Å². The van der Waals surface area contributed by atoms with Crippen molar-refractivity contribution in [3.63, 3.8) is 0 Å². The van der Waals surface area contributed by atoms with Crippen LogP contribution in [-0.4, -0.2) is 29.9 Å². The van der Waals surface area contributed by atoms with E-state index in [0.717, 1.165) is 13.0 Å². The minimum Gasteiger partial charge on any atom is -0.338 e. The molecule has 1 aliphatic heterocycles. The summed E-state index contributed by atoms with van der Waals surface area (Å²) in [6.07, 6.45) is 1.04. The fourth-order valence-electron chi connectivity index (χ4n) is 2.77. The number of hydrogen-bond acceptors (Lipinski definition) is 2. The molecule has 1 aromatic carbocycles. The van der Waals surface area contributed by atoms with Crippen molar-refractivity contribution in [2.75, 3.05) is 13.1 Å². The van der Waals surface area contributed by atoms with Gasteiger partial charge in [-0.05, 0) is 31.4 Å². The van der Waals surface area contributed by atoms with E-state index in [4.69, 9.17) is 5.73 Å². The molecule has 1 saturated heterocycles. The molecule has 2 N–H and O–H groups in total. The van der Waals surface area contributed by atoms with Gasteiger partial charge in [0.05, 0.1) is 6.54 Å². The molecule has 17 heavy (non-hydrogen) atoms. The number of nitrogens with zero attached hydrogens (tertiary/aromatic N) is 1. The zero-order valence-electron chi connectivity index (χ0n) is 10.5. The lowest BCUT2D eigenvalue weighted by Crippen LogP contribution is -2.38. The Morgan fingerprint density at radius 2 is 2.18 bits per heavy atom. The topological polar surface area (TPSA) is 46.3 Å². The van der Waals surface area contributed by atoms with Gasteiger partial charge < -0.3 is 10.6 Å². The van der Waals surface area contributed by atoms with Gasteiger partial charge >= 0.3 is 0 Å². The van der Waals surface area contributed by atoms with Gasteiger partial charge in [0.15, 0.2) is 0 Å². The summed E-state index contributed by atoms with van der Waals surface area (Å²) in [6, 6.07) is 8.73. The number of benzene rings is 1. The van der Waals surface area contributed by atoms with E-state index in [1.54, 1.807) is 0 Å². The summed E-state index contributed by atoms with van der Waals surface area (Å²) in [5.41, 5.74) is 8.12. The lowest BCUT2D eigenvalue weighted by molar-refractivity contribution is -0.130. The first-order valence-electron chi connectivity index (χ1n) is 6.18. The molecule has 92 valence electrons. The van der Waals surface area contributed by atoms with E-state index in [1.165, 1.54) is 11.1 Å². The Kier molecular flexibility index (Phi) is 3.48. The zero-order valence-corrected chi connectivity index (χ0v) is 10.5. The second kappa shape index (κ2) is 4.88. The minimum atomic E-state index is 0.0635. The number of likely N-dealkylation sites (tertiary alicyclic amines) is 1. The van der Waals surface area contributed by atoms with Crippen molar-refractivity contribution in [3.05, 3.63) is 35.4 Å². The number of carbonyl (C=O) groups is 1. The van der Waals surface area contributed by atoms with Crippen molar-refractivity contribution in [1.29, 1.82) is 0 Å². The average molecular weight is 232 g/mol. The van der Waals surface area contributed by atoms with Crippen LogP contribution in [0.1, 0.15) is 30.4 Å². The predicted molar refractivity (Wildman–Crippen MR) is 68.8 cm³/mol. The van der Waals surface area contributed by atoms with E-state index in [2.05, 4.69) is 38.1 Å². The SMILES string of the molecule is Cc1ccccc1[C@H]1C[C@@H](C)N(C(=O)CN)C1. The fraction of sp³-hybridized carbons (Fsp3) is 0.500. The molecule has 0 spiro atoms. The van der Waals surface area contributed by atoms with Crippen LogP contribution in [-0.2, 0) is 4.79 Å². The molecular weight excluding hydrogens is 212 g/mol. The summed E-state index contributed by atoms with van der Waals surface area (Å²) >= 11 is 0. The van der Waals surface area contributed by atoms with Crippen molar-refractivity contribution < 1.29 is 4.79 Å². The number of carbonyl (C=O) groups excluding carboxylic acids is 1. The largest absolute Gasteiger partial charge is 0.338 e. The quantitative estimate of drug-likeness (QED) is 0.843. The van der Waals surface area contributed by atoms with E-state index in [1.807, 2.05) is 4.90 Å². The molecule has 3 heteroatoms. The summed E-state index contributed by atoms with van der Waals surface area (Å²) in [5.74, 6) is 0.523. The van der Waals surface area contributed by atoms with Gasteiger partial charge in [-0.2, -0.15) is 0 Å². The van der Waals surface area contributed by atoms with Gasteiger partial charge in [-0.15, -0.1) is 0 Å². The Morgan fingerprint density at radius 3 is 2.82 bits per heavy atom. The highest BCUT2D eigenvalue weighted by molar-refractivity contribution is 5.78. The maximum atomic E-state index is 11.7. The van der Waals surface area contributed by atoms with Gasteiger partial charge in [0.1, 0.15) is 0 Å². The summed E-state index contributed by atoms with van der Waals surface area (Å²) in [5, 5.41) is 0. The van der Waals surface area contributed by atoms with Crippen molar-refractivity contribution in [1.82, 2.24) is 4.90 Å². The van der Waals surface area contributed by atoms with E-state index in [0.29, 0.717) is 12.0 Å². The molecule has 0 bridgehead atoms. The Bertz CT molecular complexity index is 416. The fourth-order valence-corrected chi connectivity index (χ4v) is 2.77. The molecule has 0 aliphatic carbocycles. The third kappa shape index (κ3) is 2.34. The highest BCUT2D eigenvalue weighted by atomic mass is 16.2. The van der Waals surface area contributed by atoms with Crippen LogP contribution in [0.4, 0.5) is 0 Å². The molecule has 3 nitrogen and oxygen atoms in total. The van der Waals surface area contributed by atoms with E-state index >= 15 is 0 Å². The third-order valence-corrected chi connectivity index (χ3v) is 3.70. The normalized spacial score (nSPS) is 24.1. The van der Waals surface area contributed by atoms with Gasteiger partial charge in [-0.3, -0.25) is 4.79 Å². The second-order valence-corrected chi connectivity index (χ2v) is 4.89. The molecule has 1 amide bonds. The highest BCUT2D eigenvalue weighted by Gasteiger charge is 2.32. The molecule has 0 unspecified atom stereocenters. The van der Waals surface area contributed by atoms with Crippen LogP contribution in [0.2, 0.25) is 0 Å². The molecule has 0 radical (unpaired) electrons. The van der Waals surface area contributed by atoms with Crippen LogP contribution in [0.3, 0.4) is 0 Å². The lowest BCUT2D eigenvalue weighted by atomic mass is 9.93. The predicted octanol–water partition coefficient (Wildman–Crippen LogP) is 1.66. The number of nitrogens with two attached hydrogens (primary N) is 1. The average Bonchev–Trinajstić information content (AvgIpc) is 2.71. The molecule has 0 aromatic heterocycles. The van der Waals surface area contributed by atoms with Gasteiger partial charge in [0.25, 0.3) is 0 Å². The number of hydrogen-bond donors (Lipinski definition) is 1. The highest BCUT2D eigenvalue weighted by Crippen LogP contribution is 2.32. The monoisotopic (exact) mass is 232 g/mol. The van der Waals surface area contributed by atoms with Crippen LogP contribution >= 0.6 is 0 Å². The van der Waals surface area contributed by atoms with Gasteiger partial charge in [-0.1, -0.05) is 24.3 Å². The van der Waals surface area contributed by atoms with Crippen LogP contribution in [0.5, 0.6) is 0 Å². The van der Waals surface area contributed by atoms with E-state index in [-0.39, 0.29) is 12.5 Å². The Labute approximate surface area is 103 Å². The van der Waals surface area contributed by atoms with Gasteiger partial charge in [0, 0.05) is 18.5 Å². The van der Waals surface area contributed by atoms with E-state index in [9.17, 15) is 4.79 Å². The first-order valence-corrected chi connectivity index (χ1v) is 6.18. The van der Waals surface area contributed by atoms with Crippen molar-refractivity contribution >= 4 is 5.91 Å². The maximum Gasteiger partial charge on any atom is 0.236 e. The summed E-state index contributed by atoms with van der Waals surface area (Å²) in [7, 11) is 0. The van der Waals surface area contributed by atoms with Crippen molar-refractivity contribution in [2.24, 2.45) is 5.73 Å². The molecule has 1 heterocycles. The summed E-state index contributed by atoms with van der Waals surface area (Å²) in [6.45, 7) is 5.16. The van der Waals surface area contributed by atoms with Gasteiger partial charge in [0.2, 0.25) is 5.91 Å². The molecule has 1 aromatic rings. The number of amides is 1. The maximum absolute atomic E-state index is 11.7. The van der Waals surface area contributed by atoms with Crippen LogP contribution in [0.15, 0.2) is 24.3 Å². The number of rotatable bonds is 2. The van der Waals surface area contributed by atoms with Crippen molar-refractivity contribution in [3.8, 4) is 0 Å². The molecule has 2 atom stereocenters.